The highest BCUT2D eigenvalue weighted by Gasteiger charge is 2.79. The van der Waals surface area contributed by atoms with Crippen molar-refractivity contribution >= 4 is 17.5 Å². The van der Waals surface area contributed by atoms with Gasteiger partial charge in [0.25, 0.3) is 0 Å². The quantitative estimate of drug-likeness (QED) is 0.151. The largest absolute Gasteiger partial charge is 0.456 e. The molecule has 0 heterocycles. The predicted octanol–water partition coefficient (Wildman–Crippen LogP) is 10.2. The molecule has 8 heteroatoms. The van der Waals surface area contributed by atoms with Gasteiger partial charge in [-0.05, 0) is 104 Å². The van der Waals surface area contributed by atoms with E-state index in [9.17, 15) is 23.1 Å². The van der Waals surface area contributed by atoms with Gasteiger partial charge in [-0.1, -0.05) is 69.7 Å². The van der Waals surface area contributed by atoms with E-state index in [1.165, 1.54) is 24.7 Å². The number of rotatable bonds is 11. The summed E-state index contributed by atoms with van der Waals surface area (Å²) in [5, 5.41) is 11.3. The molecule has 43 heavy (non-hydrogen) atoms. The van der Waals surface area contributed by atoms with E-state index in [1.54, 1.807) is 0 Å². The van der Waals surface area contributed by atoms with Gasteiger partial charge in [0.15, 0.2) is 5.78 Å². The number of benzene rings is 1. The molecule has 1 aromatic rings. The van der Waals surface area contributed by atoms with Crippen LogP contribution in [-0.2, 0) is 4.79 Å². The number of carbonyl (C=O) groups excluding carboxylic acids is 1. The van der Waals surface area contributed by atoms with Crippen LogP contribution in [0.25, 0.3) is 0 Å². The lowest BCUT2D eigenvalue weighted by Gasteiger charge is -2.62. The number of carbonyl (C=O) groups is 1. The third-order valence-corrected chi connectivity index (χ3v) is 13.2. The van der Waals surface area contributed by atoms with Crippen LogP contribution in [0.15, 0.2) is 46.9 Å². The number of allylic oxidation sites excluding steroid dienone is 1. The lowest BCUT2D eigenvalue weighted by molar-refractivity contribution is -0.364. The van der Waals surface area contributed by atoms with Crippen molar-refractivity contribution in [2.24, 2.45) is 34.5 Å². The Kier molecular flexibility index (Phi) is 9.52. The van der Waals surface area contributed by atoms with Gasteiger partial charge in [-0.25, -0.2) is 0 Å². The molecule has 2 nitrogen and oxygen atoms in total. The van der Waals surface area contributed by atoms with Crippen molar-refractivity contribution in [2.75, 3.05) is 5.75 Å². The molecule has 3 fully saturated rings. The molecule has 2 unspecified atom stereocenters. The van der Waals surface area contributed by atoms with Crippen molar-refractivity contribution in [1.82, 2.24) is 0 Å². The summed E-state index contributed by atoms with van der Waals surface area (Å²) < 4.78 is 71.0. The Labute approximate surface area is 257 Å². The fourth-order valence-corrected chi connectivity index (χ4v) is 10.6. The number of hydrogen-bond donors (Lipinski definition) is 1. The van der Waals surface area contributed by atoms with Crippen LogP contribution in [0.2, 0.25) is 0 Å². The molecule has 5 rings (SSSR count). The van der Waals surface area contributed by atoms with E-state index in [1.807, 2.05) is 23.9 Å². The number of hydrogen-bond acceptors (Lipinski definition) is 3. The molecule has 0 saturated heterocycles. The van der Waals surface area contributed by atoms with E-state index in [0.29, 0.717) is 25.7 Å². The summed E-state index contributed by atoms with van der Waals surface area (Å²) in [6.45, 7) is 3.69. The highest BCUT2D eigenvalue weighted by molar-refractivity contribution is 7.99. The lowest BCUT2D eigenvalue weighted by Crippen LogP contribution is -2.66. The van der Waals surface area contributed by atoms with Gasteiger partial charge in [0.05, 0.1) is 0 Å². The molecule has 7 atom stereocenters. The van der Waals surface area contributed by atoms with Crippen molar-refractivity contribution in [2.45, 2.75) is 126 Å². The lowest BCUT2D eigenvalue weighted by atomic mass is 9.43. The van der Waals surface area contributed by atoms with Gasteiger partial charge in [-0.15, -0.1) is 11.8 Å². The topological polar surface area (TPSA) is 37.3 Å². The van der Waals surface area contributed by atoms with E-state index in [4.69, 9.17) is 0 Å². The van der Waals surface area contributed by atoms with Crippen molar-refractivity contribution in [1.29, 1.82) is 0 Å². The summed E-state index contributed by atoms with van der Waals surface area (Å²) in [5.74, 6) is -4.09. The number of fused-ring (bicyclic) bond motifs is 5. The first-order valence-corrected chi connectivity index (χ1v) is 17.3. The van der Waals surface area contributed by atoms with E-state index >= 15 is 8.78 Å². The molecule has 1 aromatic carbocycles. The highest BCUT2D eigenvalue weighted by atomic mass is 32.2. The second kappa shape index (κ2) is 12.4. The fourth-order valence-electron chi connectivity index (χ4n) is 9.69. The van der Waals surface area contributed by atoms with Crippen LogP contribution in [0.1, 0.15) is 104 Å². The minimum absolute atomic E-state index is 0.0258. The summed E-state index contributed by atoms with van der Waals surface area (Å²) in [5.41, 5.74) is -3.69. The average Bonchev–Trinajstić information content (AvgIpc) is 3.24. The van der Waals surface area contributed by atoms with Crippen LogP contribution in [0.3, 0.4) is 0 Å². The number of unbranched alkanes of at least 4 members (excludes halogenated alkanes) is 5. The molecule has 0 aromatic heterocycles. The van der Waals surface area contributed by atoms with E-state index in [0.717, 1.165) is 43.4 Å². The molecule has 0 bridgehead atoms. The zero-order chi connectivity index (χ0) is 31.1. The van der Waals surface area contributed by atoms with E-state index in [-0.39, 0.29) is 41.8 Å². The van der Waals surface area contributed by atoms with E-state index < -0.39 is 35.5 Å². The normalized spacial score (nSPS) is 36.1. The number of halogens is 5. The van der Waals surface area contributed by atoms with Gasteiger partial charge in [0, 0.05) is 16.7 Å². The van der Waals surface area contributed by atoms with Gasteiger partial charge < -0.3 is 5.11 Å². The Balaban J connectivity index is 1.24. The van der Waals surface area contributed by atoms with Crippen LogP contribution >= 0.6 is 11.8 Å². The Bertz CT molecular complexity index is 1170. The maximum Gasteiger partial charge on any atom is 0.456 e. The van der Waals surface area contributed by atoms with Crippen LogP contribution in [0.4, 0.5) is 22.0 Å². The first-order chi connectivity index (χ1) is 20.2. The number of ketones is 1. The smallest absolute Gasteiger partial charge is 0.383 e. The van der Waals surface area contributed by atoms with Gasteiger partial charge in [0.2, 0.25) is 0 Å². The predicted molar refractivity (Wildman–Crippen MR) is 161 cm³/mol. The summed E-state index contributed by atoms with van der Waals surface area (Å²) >= 11 is 1.88. The highest BCUT2D eigenvalue weighted by Crippen LogP contribution is 2.72. The minimum atomic E-state index is -5.80. The summed E-state index contributed by atoms with van der Waals surface area (Å²) in [4.78, 5) is 13.7. The molecule has 0 radical (unpaired) electrons. The van der Waals surface area contributed by atoms with Crippen LogP contribution in [0, 0.1) is 34.5 Å². The molecule has 4 aliphatic carbocycles. The number of thioether (sulfide) groups is 1. The first kappa shape index (κ1) is 33.0. The Hall–Kier alpha value is -1.41. The molecule has 3 saturated carbocycles. The first-order valence-electron chi connectivity index (χ1n) is 16.3. The van der Waals surface area contributed by atoms with Crippen LogP contribution < -0.4 is 0 Å². The Morgan fingerprint density at radius 3 is 2.23 bits per heavy atom. The van der Waals surface area contributed by atoms with E-state index in [2.05, 4.69) is 31.2 Å². The molecule has 0 amide bonds. The zero-order valence-corrected chi connectivity index (χ0v) is 26.4. The van der Waals surface area contributed by atoms with Gasteiger partial charge in [-0.3, -0.25) is 4.79 Å². The molecule has 0 spiro atoms. The second-order valence-corrected chi connectivity index (χ2v) is 15.5. The third-order valence-electron chi connectivity index (χ3n) is 12.1. The standard InChI is InChI=1S/C35H47F5O2S/c1-31-18-15-26(41)23-25(31)22-24(12-8-5-3-4-6-11-21-43-27-13-9-7-10-14-27)30-28(31)16-19-32(2)29(30)17-20-33(32,42)34(36,37)35(38,39)40/h7,9-10,13-14,23-24,28-30,42H,3-6,8,11-12,15-22H2,1-2H3/t24?,28-,29+,30-,31+,32+,33?/m1/s1. The third kappa shape index (κ3) is 5.86. The molecule has 4 aliphatic rings. The molecular weight excluding hydrogens is 579 g/mol. The Morgan fingerprint density at radius 2 is 1.53 bits per heavy atom. The summed E-state index contributed by atoms with van der Waals surface area (Å²) in [6, 6.07) is 10.4. The van der Waals surface area contributed by atoms with Crippen molar-refractivity contribution in [3.05, 3.63) is 42.0 Å². The molecule has 240 valence electrons. The zero-order valence-electron chi connectivity index (χ0n) is 25.5. The second-order valence-electron chi connectivity index (χ2n) is 14.3. The van der Waals surface area contributed by atoms with Crippen molar-refractivity contribution in [3.8, 4) is 0 Å². The number of alkyl halides is 5. The van der Waals surface area contributed by atoms with Gasteiger partial charge >= 0.3 is 12.1 Å². The summed E-state index contributed by atoms with van der Waals surface area (Å²) in [7, 11) is 0. The van der Waals surface area contributed by atoms with Crippen LogP contribution in [0.5, 0.6) is 0 Å². The maximum absolute atomic E-state index is 15.0. The SMILES string of the molecule is C[C@]12CCC(=O)C=C1CC(CCCCCCCCSc1ccccc1)[C@@H]1[C@H]2CC[C@@]2(C)[C@H]1CCC2(O)C(F)(F)C(F)(F)F. The average molecular weight is 627 g/mol. The maximum atomic E-state index is 15.0. The van der Waals surface area contributed by atoms with Crippen LogP contribution in [-0.4, -0.2) is 34.3 Å². The Morgan fingerprint density at radius 1 is 0.884 bits per heavy atom. The minimum Gasteiger partial charge on any atom is -0.383 e. The number of aliphatic hydroxyl groups is 1. The van der Waals surface area contributed by atoms with Gasteiger partial charge in [-0.2, -0.15) is 22.0 Å². The van der Waals surface area contributed by atoms with Crippen molar-refractivity contribution in [3.63, 3.8) is 0 Å². The molecule has 0 aliphatic heterocycles. The molecule has 1 N–H and O–H groups in total. The monoisotopic (exact) mass is 626 g/mol. The summed E-state index contributed by atoms with van der Waals surface area (Å²) in [6.07, 6.45) is 5.74. The molecular formula is C35H47F5O2S. The fraction of sp³-hybridized carbons (Fsp3) is 0.743. The van der Waals surface area contributed by atoms with Gasteiger partial charge in [0.1, 0.15) is 5.60 Å². The van der Waals surface area contributed by atoms with Crippen molar-refractivity contribution < 1.29 is 31.9 Å².